The molecule has 1 aromatic carbocycles. The summed E-state index contributed by atoms with van der Waals surface area (Å²) < 4.78 is 0. The second kappa shape index (κ2) is 9.17. The SMILES string of the molecule is CC.CCCC(C)(c1ccc2nc(C)cc(CC)c2c1)C(C)CO. The first-order valence-corrected chi connectivity index (χ1v) is 9.47. The molecule has 1 aromatic heterocycles. The first-order valence-electron chi connectivity index (χ1n) is 9.47. The van der Waals surface area contributed by atoms with Crippen molar-refractivity contribution in [3.8, 4) is 0 Å². The van der Waals surface area contributed by atoms with Crippen molar-refractivity contribution in [1.82, 2.24) is 4.98 Å². The maximum Gasteiger partial charge on any atom is 0.0708 e. The maximum atomic E-state index is 9.70. The number of aryl methyl sites for hydroxylation is 2. The van der Waals surface area contributed by atoms with Gasteiger partial charge in [-0.3, -0.25) is 4.98 Å². The lowest BCUT2D eigenvalue weighted by atomic mass is 9.69. The van der Waals surface area contributed by atoms with Gasteiger partial charge in [-0.15, -0.1) is 0 Å². The smallest absolute Gasteiger partial charge is 0.0708 e. The van der Waals surface area contributed by atoms with E-state index in [0.29, 0.717) is 0 Å². The Morgan fingerprint density at radius 2 is 1.83 bits per heavy atom. The Morgan fingerprint density at radius 3 is 2.38 bits per heavy atom. The van der Waals surface area contributed by atoms with E-state index in [0.717, 1.165) is 30.5 Å². The molecule has 0 aliphatic heterocycles. The van der Waals surface area contributed by atoms with Gasteiger partial charge in [-0.1, -0.05) is 54.0 Å². The molecular formula is C22H35NO. The van der Waals surface area contributed by atoms with Gasteiger partial charge in [0.2, 0.25) is 0 Å². The number of nitrogens with zero attached hydrogens (tertiary/aromatic N) is 1. The van der Waals surface area contributed by atoms with Gasteiger partial charge in [-0.05, 0) is 60.4 Å². The fourth-order valence-corrected chi connectivity index (χ4v) is 3.49. The predicted octanol–water partition coefficient (Wildman–Crippen LogP) is 5.82. The van der Waals surface area contributed by atoms with Gasteiger partial charge in [0.1, 0.15) is 0 Å². The van der Waals surface area contributed by atoms with Gasteiger partial charge in [-0.2, -0.15) is 0 Å². The summed E-state index contributed by atoms with van der Waals surface area (Å²) in [6, 6.07) is 8.85. The fourth-order valence-electron chi connectivity index (χ4n) is 3.49. The zero-order valence-electron chi connectivity index (χ0n) is 16.6. The molecule has 0 spiro atoms. The number of hydrogen-bond donors (Lipinski definition) is 1. The van der Waals surface area contributed by atoms with Gasteiger partial charge in [0.05, 0.1) is 5.52 Å². The number of aliphatic hydroxyl groups excluding tert-OH is 1. The molecule has 2 rings (SSSR count). The second-order valence-electron chi connectivity index (χ2n) is 6.76. The van der Waals surface area contributed by atoms with Crippen LogP contribution in [0.1, 0.15) is 71.2 Å². The topological polar surface area (TPSA) is 33.1 Å². The van der Waals surface area contributed by atoms with Gasteiger partial charge in [0.15, 0.2) is 0 Å². The highest BCUT2D eigenvalue weighted by Gasteiger charge is 2.32. The molecule has 2 heteroatoms. The van der Waals surface area contributed by atoms with Gasteiger partial charge in [-0.25, -0.2) is 0 Å². The number of benzene rings is 1. The summed E-state index contributed by atoms with van der Waals surface area (Å²) in [7, 11) is 0. The monoisotopic (exact) mass is 329 g/mol. The van der Waals surface area contributed by atoms with Crippen molar-refractivity contribution in [2.45, 2.75) is 73.1 Å². The van der Waals surface area contributed by atoms with Crippen LogP contribution in [0.2, 0.25) is 0 Å². The minimum Gasteiger partial charge on any atom is -0.396 e. The third-order valence-corrected chi connectivity index (χ3v) is 5.19. The minimum absolute atomic E-state index is 0.00753. The molecule has 134 valence electrons. The molecule has 0 saturated carbocycles. The summed E-state index contributed by atoms with van der Waals surface area (Å²) in [5, 5.41) is 11.0. The lowest BCUT2D eigenvalue weighted by Gasteiger charge is -2.35. The normalized spacial score (nSPS) is 14.7. The Labute approximate surface area is 148 Å². The number of pyridine rings is 1. The molecule has 0 radical (unpaired) electrons. The molecule has 0 aliphatic rings. The highest BCUT2D eigenvalue weighted by atomic mass is 16.3. The van der Waals surface area contributed by atoms with Crippen LogP contribution in [0.4, 0.5) is 0 Å². The van der Waals surface area contributed by atoms with E-state index >= 15 is 0 Å². The number of aromatic nitrogens is 1. The van der Waals surface area contributed by atoms with E-state index in [2.05, 4.69) is 63.9 Å². The Balaban J connectivity index is 0.00000139. The largest absolute Gasteiger partial charge is 0.396 e. The van der Waals surface area contributed by atoms with Crippen molar-refractivity contribution in [2.75, 3.05) is 6.61 Å². The lowest BCUT2D eigenvalue weighted by Crippen LogP contribution is -2.32. The van der Waals surface area contributed by atoms with Crippen molar-refractivity contribution in [2.24, 2.45) is 5.92 Å². The van der Waals surface area contributed by atoms with Crippen LogP contribution in [-0.4, -0.2) is 16.7 Å². The molecule has 1 N–H and O–H groups in total. The molecule has 0 aliphatic carbocycles. The first-order chi connectivity index (χ1) is 11.5. The van der Waals surface area contributed by atoms with Crippen molar-refractivity contribution >= 4 is 10.9 Å². The van der Waals surface area contributed by atoms with E-state index < -0.39 is 0 Å². The predicted molar refractivity (Wildman–Crippen MR) is 106 cm³/mol. The van der Waals surface area contributed by atoms with Crippen LogP contribution in [0, 0.1) is 12.8 Å². The first kappa shape index (κ1) is 20.6. The van der Waals surface area contributed by atoms with Gasteiger partial charge in [0.25, 0.3) is 0 Å². The summed E-state index contributed by atoms with van der Waals surface area (Å²) in [5.41, 5.74) is 4.85. The van der Waals surface area contributed by atoms with Crippen LogP contribution in [0.3, 0.4) is 0 Å². The molecular weight excluding hydrogens is 294 g/mol. The van der Waals surface area contributed by atoms with Crippen LogP contribution >= 0.6 is 0 Å². The molecule has 0 fully saturated rings. The third kappa shape index (κ3) is 4.16. The van der Waals surface area contributed by atoms with E-state index in [-0.39, 0.29) is 17.9 Å². The fraction of sp³-hybridized carbons (Fsp3) is 0.591. The molecule has 2 atom stereocenters. The number of hydrogen-bond acceptors (Lipinski definition) is 2. The van der Waals surface area contributed by atoms with E-state index in [1.165, 1.54) is 16.5 Å². The van der Waals surface area contributed by atoms with E-state index in [4.69, 9.17) is 0 Å². The zero-order valence-corrected chi connectivity index (χ0v) is 16.6. The lowest BCUT2D eigenvalue weighted by molar-refractivity contribution is 0.163. The van der Waals surface area contributed by atoms with E-state index in [1.807, 2.05) is 13.8 Å². The third-order valence-electron chi connectivity index (χ3n) is 5.19. The minimum atomic E-state index is 0.00753. The van der Waals surface area contributed by atoms with Crippen LogP contribution in [0.25, 0.3) is 10.9 Å². The summed E-state index contributed by atoms with van der Waals surface area (Å²) in [6.07, 6.45) is 3.22. The molecule has 1 heterocycles. The number of rotatable bonds is 6. The van der Waals surface area contributed by atoms with Gasteiger partial charge < -0.3 is 5.11 Å². The average Bonchev–Trinajstić information content (AvgIpc) is 2.61. The Morgan fingerprint density at radius 1 is 1.17 bits per heavy atom. The summed E-state index contributed by atoms with van der Waals surface area (Å²) in [5.74, 6) is 0.244. The standard InChI is InChI=1S/C20H29NO.C2H6/c1-6-10-20(5,14(3)13-22)17-8-9-19-18(12-17)16(7-2)11-15(4)21-19;1-2/h8-9,11-12,14,22H,6-7,10,13H2,1-5H3;1-2H3. The molecule has 2 nitrogen and oxygen atoms in total. The van der Waals surface area contributed by atoms with Crippen molar-refractivity contribution in [1.29, 1.82) is 0 Å². The van der Waals surface area contributed by atoms with E-state index in [1.54, 1.807) is 0 Å². The quantitative estimate of drug-likeness (QED) is 0.724. The van der Waals surface area contributed by atoms with Crippen molar-refractivity contribution in [3.63, 3.8) is 0 Å². The highest BCUT2D eigenvalue weighted by Crippen LogP contribution is 2.38. The second-order valence-corrected chi connectivity index (χ2v) is 6.76. The Bertz CT molecular complexity index is 650. The van der Waals surface area contributed by atoms with E-state index in [9.17, 15) is 5.11 Å². The molecule has 0 amide bonds. The van der Waals surface area contributed by atoms with Crippen LogP contribution in [0.5, 0.6) is 0 Å². The van der Waals surface area contributed by atoms with Crippen LogP contribution in [-0.2, 0) is 11.8 Å². The van der Waals surface area contributed by atoms with Gasteiger partial charge >= 0.3 is 0 Å². The van der Waals surface area contributed by atoms with Crippen LogP contribution in [0.15, 0.2) is 24.3 Å². The molecule has 2 unspecified atom stereocenters. The summed E-state index contributed by atoms with van der Waals surface area (Å²) in [6.45, 7) is 15.1. The highest BCUT2D eigenvalue weighted by molar-refractivity contribution is 5.83. The molecule has 24 heavy (non-hydrogen) atoms. The average molecular weight is 330 g/mol. The Kier molecular flexibility index (Phi) is 7.89. The molecule has 0 saturated heterocycles. The van der Waals surface area contributed by atoms with Crippen LogP contribution < -0.4 is 0 Å². The van der Waals surface area contributed by atoms with Crippen molar-refractivity contribution < 1.29 is 5.11 Å². The maximum absolute atomic E-state index is 9.70. The summed E-state index contributed by atoms with van der Waals surface area (Å²) in [4.78, 5) is 4.67. The van der Waals surface area contributed by atoms with Gasteiger partial charge in [0, 0.05) is 17.7 Å². The number of fused-ring (bicyclic) bond motifs is 1. The van der Waals surface area contributed by atoms with Crippen molar-refractivity contribution in [3.05, 3.63) is 41.1 Å². The Hall–Kier alpha value is -1.41. The molecule has 0 bridgehead atoms. The number of aliphatic hydroxyl groups is 1. The summed E-state index contributed by atoms with van der Waals surface area (Å²) >= 11 is 0. The zero-order chi connectivity index (χ0) is 18.3. The molecule has 2 aromatic rings.